The predicted octanol–water partition coefficient (Wildman–Crippen LogP) is 1.53. The van der Waals surface area contributed by atoms with Gasteiger partial charge in [-0.3, -0.25) is 14.2 Å². The summed E-state index contributed by atoms with van der Waals surface area (Å²) < 4.78 is 3.04. The number of amides is 1. The standard InChI is InChI=1S/C17H25N5O2/c1-7-20(8-2)15(23)10-21-16(24)13(5)14(6)18-17(21)22-12(4)9-11(3)19-22/h9H,7-8,10H2,1-6H3. The lowest BCUT2D eigenvalue weighted by molar-refractivity contribution is -0.131. The monoisotopic (exact) mass is 331 g/mol. The Morgan fingerprint density at radius 3 is 2.29 bits per heavy atom. The van der Waals surface area contributed by atoms with Crippen molar-refractivity contribution in [1.29, 1.82) is 0 Å². The zero-order valence-corrected chi connectivity index (χ0v) is 15.3. The third-order valence-electron chi connectivity index (χ3n) is 4.23. The van der Waals surface area contributed by atoms with E-state index in [1.165, 1.54) is 4.57 Å². The van der Waals surface area contributed by atoms with Gasteiger partial charge in [0, 0.05) is 30.0 Å². The second-order valence-corrected chi connectivity index (χ2v) is 5.92. The quantitative estimate of drug-likeness (QED) is 0.833. The Kier molecular flexibility index (Phi) is 5.21. The van der Waals surface area contributed by atoms with Gasteiger partial charge in [0.25, 0.3) is 5.56 Å². The molecule has 0 aliphatic heterocycles. The van der Waals surface area contributed by atoms with E-state index in [4.69, 9.17) is 0 Å². The van der Waals surface area contributed by atoms with Gasteiger partial charge in [-0.15, -0.1) is 0 Å². The van der Waals surface area contributed by atoms with E-state index >= 15 is 0 Å². The first-order chi connectivity index (χ1) is 11.3. The molecule has 24 heavy (non-hydrogen) atoms. The second-order valence-electron chi connectivity index (χ2n) is 5.92. The second kappa shape index (κ2) is 6.98. The summed E-state index contributed by atoms with van der Waals surface area (Å²) in [6, 6.07) is 1.91. The van der Waals surface area contributed by atoms with Gasteiger partial charge < -0.3 is 4.90 Å². The fourth-order valence-electron chi connectivity index (χ4n) is 2.69. The van der Waals surface area contributed by atoms with E-state index in [0.29, 0.717) is 30.3 Å². The van der Waals surface area contributed by atoms with Crippen molar-refractivity contribution in [3.8, 4) is 5.95 Å². The predicted molar refractivity (Wildman–Crippen MR) is 92.5 cm³/mol. The van der Waals surface area contributed by atoms with E-state index in [1.54, 1.807) is 23.4 Å². The van der Waals surface area contributed by atoms with Gasteiger partial charge in [0.15, 0.2) is 0 Å². The molecule has 0 bridgehead atoms. The van der Waals surface area contributed by atoms with E-state index < -0.39 is 0 Å². The summed E-state index contributed by atoms with van der Waals surface area (Å²) in [5, 5.41) is 4.42. The average molecular weight is 331 g/mol. The Bertz CT molecular complexity index is 815. The lowest BCUT2D eigenvalue weighted by Crippen LogP contribution is -2.38. The normalized spacial score (nSPS) is 10.9. The summed E-state index contributed by atoms with van der Waals surface area (Å²) in [5.41, 5.74) is 2.69. The highest BCUT2D eigenvalue weighted by Gasteiger charge is 2.19. The van der Waals surface area contributed by atoms with Crippen molar-refractivity contribution in [2.24, 2.45) is 0 Å². The van der Waals surface area contributed by atoms with Gasteiger partial charge in [-0.05, 0) is 47.6 Å². The molecule has 0 aliphatic carbocycles. The van der Waals surface area contributed by atoms with E-state index in [2.05, 4.69) is 10.1 Å². The summed E-state index contributed by atoms with van der Waals surface area (Å²) in [6.07, 6.45) is 0. The maximum atomic E-state index is 12.7. The van der Waals surface area contributed by atoms with Crippen molar-refractivity contribution >= 4 is 5.91 Å². The Morgan fingerprint density at radius 2 is 1.79 bits per heavy atom. The number of hydrogen-bond donors (Lipinski definition) is 0. The number of carbonyl (C=O) groups excluding carboxylic acids is 1. The van der Waals surface area contributed by atoms with Crippen molar-refractivity contribution in [1.82, 2.24) is 24.2 Å². The van der Waals surface area contributed by atoms with E-state index in [0.717, 1.165) is 11.4 Å². The van der Waals surface area contributed by atoms with Crippen LogP contribution in [0.4, 0.5) is 0 Å². The number of nitrogens with zero attached hydrogens (tertiary/aromatic N) is 5. The highest BCUT2D eigenvalue weighted by atomic mass is 16.2. The van der Waals surface area contributed by atoms with Crippen LogP contribution in [0, 0.1) is 27.7 Å². The van der Waals surface area contributed by atoms with Crippen molar-refractivity contribution in [3.63, 3.8) is 0 Å². The van der Waals surface area contributed by atoms with Crippen molar-refractivity contribution in [2.45, 2.75) is 48.1 Å². The summed E-state index contributed by atoms with van der Waals surface area (Å²) in [7, 11) is 0. The van der Waals surface area contributed by atoms with Crippen LogP contribution in [-0.4, -0.2) is 43.2 Å². The molecule has 2 heterocycles. The van der Waals surface area contributed by atoms with Gasteiger partial charge in [0.05, 0.1) is 5.69 Å². The number of likely N-dealkylation sites (N-methyl/N-ethyl adjacent to an activating group) is 1. The molecule has 7 nitrogen and oxygen atoms in total. The summed E-state index contributed by atoms with van der Waals surface area (Å²) in [5.74, 6) is 0.282. The third kappa shape index (κ3) is 3.25. The number of rotatable bonds is 5. The molecule has 0 unspecified atom stereocenters. The van der Waals surface area contributed by atoms with Gasteiger partial charge >= 0.3 is 0 Å². The average Bonchev–Trinajstić information content (AvgIpc) is 2.87. The molecule has 0 atom stereocenters. The molecule has 130 valence electrons. The van der Waals surface area contributed by atoms with Crippen LogP contribution in [0.25, 0.3) is 5.95 Å². The van der Waals surface area contributed by atoms with Gasteiger partial charge in [0.2, 0.25) is 11.9 Å². The van der Waals surface area contributed by atoms with Crippen LogP contribution in [0.2, 0.25) is 0 Å². The van der Waals surface area contributed by atoms with E-state index in [9.17, 15) is 9.59 Å². The van der Waals surface area contributed by atoms with Crippen molar-refractivity contribution < 1.29 is 4.79 Å². The lowest BCUT2D eigenvalue weighted by Gasteiger charge is -2.21. The minimum Gasteiger partial charge on any atom is -0.342 e. The highest BCUT2D eigenvalue weighted by molar-refractivity contribution is 5.76. The maximum Gasteiger partial charge on any atom is 0.258 e. The Balaban J connectivity index is 2.61. The molecule has 0 aliphatic rings. The van der Waals surface area contributed by atoms with Gasteiger partial charge in [-0.2, -0.15) is 5.10 Å². The smallest absolute Gasteiger partial charge is 0.258 e. The Labute approximate surface area is 141 Å². The van der Waals surface area contributed by atoms with Crippen LogP contribution in [0.15, 0.2) is 10.9 Å². The zero-order chi connectivity index (χ0) is 18.0. The molecule has 7 heteroatoms. The summed E-state index contributed by atoms with van der Waals surface area (Å²) in [6.45, 7) is 12.3. The topological polar surface area (TPSA) is 73.0 Å². The minimum absolute atomic E-state index is 0.0394. The first kappa shape index (κ1) is 17.9. The minimum atomic E-state index is -0.203. The molecule has 0 saturated carbocycles. The largest absolute Gasteiger partial charge is 0.342 e. The van der Waals surface area contributed by atoms with E-state index in [1.807, 2.05) is 33.8 Å². The first-order valence-corrected chi connectivity index (χ1v) is 8.19. The SMILES string of the molecule is CCN(CC)C(=O)Cn1c(-n2nc(C)cc2C)nc(C)c(C)c1=O. The van der Waals surface area contributed by atoms with Crippen LogP contribution >= 0.6 is 0 Å². The van der Waals surface area contributed by atoms with Crippen LogP contribution in [-0.2, 0) is 11.3 Å². The van der Waals surface area contributed by atoms with Gasteiger partial charge in [-0.25, -0.2) is 9.67 Å². The number of hydrogen-bond acceptors (Lipinski definition) is 4. The molecular formula is C17H25N5O2. The highest BCUT2D eigenvalue weighted by Crippen LogP contribution is 2.11. The number of carbonyl (C=O) groups is 1. The molecule has 0 saturated heterocycles. The summed E-state index contributed by atoms with van der Waals surface area (Å²) >= 11 is 0. The lowest BCUT2D eigenvalue weighted by atomic mass is 10.2. The fourth-order valence-corrected chi connectivity index (χ4v) is 2.69. The maximum absolute atomic E-state index is 12.7. The van der Waals surface area contributed by atoms with Crippen LogP contribution < -0.4 is 5.56 Å². The molecule has 2 rings (SSSR count). The molecule has 0 radical (unpaired) electrons. The Hall–Kier alpha value is -2.44. The molecular weight excluding hydrogens is 306 g/mol. The molecule has 0 N–H and O–H groups in total. The molecule has 0 fully saturated rings. The van der Waals surface area contributed by atoms with Gasteiger partial charge in [0.1, 0.15) is 6.54 Å². The number of aromatic nitrogens is 4. The molecule has 0 aromatic carbocycles. The van der Waals surface area contributed by atoms with Crippen LogP contribution in [0.3, 0.4) is 0 Å². The number of aryl methyl sites for hydroxylation is 3. The summed E-state index contributed by atoms with van der Waals surface area (Å²) in [4.78, 5) is 31.5. The molecule has 2 aromatic heterocycles. The van der Waals surface area contributed by atoms with Gasteiger partial charge in [-0.1, -0.05) is 0 Å². The van der Waals surface area contributed by atoms with Crippen LogP contribution in [0.5, 0.6) is 0 Å². The van der Waals surface area contributed by atoms with Crippen LogP contribution in [0.1, 0.15) is 36.5 Å². The molecule has 1 amide bonds. The molecule has 0 spiro atoms. The third-order valence-corrected chi connectivity index (χ3v) is 4.23. The Morgan fingerprint density at radius 1 is 1.17 bits per heavy atom. The van der Waals surface area contributed by atoms with Crippen molar-refractivity contribution in [2.75, 3.05) is 13.1 Å². The zero-order valence-electron chi connectivity index (χ0n) is 15.3. The fraction of sp³-hybridized carbons (Fsp3) is 0.529. The first-order valence-electron chi connectivity index (χ1n) is 8.19. The van der Waals surface area contributed by atoms with E-state index in [-0.39, 0.29) is 18.0 Å². The molecule has 2 aromatic rings. The van der Waals surface area contributed by atoms with Crippen molar-refractivity contribution in [3.05, 3.63) is 39.1 Å².